The van der Waals surface area contributed by atoms with Crippen LogP contribution >= 0.6 is 11.6 Å². The molecule has 0 atom stereocenters. The Hall–Kier alpha value is -2.20. The molecule has 0 bridgehead atoms. The van der Waals surface area contributed by atoms with E-state index in [0.717, 1.165) is 5.56 Å². The average molecular weight is 333 g/mol. The van der Waals surface area contributed by atoms with Crippen molar-refractivity contribution in [2.75, 3.05) is 0 Å². The molecule has 3 nitrogen and oxygen atoms in total. The second-order valence-electron chi connectivity index (χ2n) is 6.19. The molecule has 0 aliphatic rings. The lowest BCUT2D eigenvalue weighted by atomic mass is 9.87. The molecule has 0 heterocycles. The molecular weight excluding hydrogens is 315 g/mol. The van der Waals surface area contributed by atoms with Gasteiger partial charge in [0.25, 0.3) is 5.91 Å². The monoisotopic (exact) mass is 332 g/mol. The molecule has 0 unspecified atom stereocenters. The molecule has 1 N–H and O–H groups in total. The Balaban J connectivity index is 2.03. The van der Waals surface area contributed by atoms with Gasteiger partial charge in [0.1, 0.15) is 5.82 Å². The third-order valence-corrected chi connectivity index (χ3v) is 3.67. The topological polar surface area (TPSA) is 41.5 Å². The minimum absolute atomic E-state index is 0.0342. The van der Waals surface area contributed by atoms with Crippen molar-refractivity contribution in [2.24, 2.45) is 5.10 Å². The lowest BCUT2D eigenvalue weighted by molar-refractivity contribution is 0.0955. The minimum Gasteiger partial charge on any atom is -0.267 e. The van der Waals surface area contributed by atoms with Crippen molar-refractivity contribution in [3.05, 3.63) is 70.0 Å². The third-order valence-electron chi connectivity index (χ3n) is 3.35. The molecule has 0 aliphatic heterocycles. The first-order chi connectivity index (χ1) is 10.8. The van der Waals surface area contributed by atoms with E-state index in [1.54, 1.807) is 12.1 Å². The van der Waals surface area contributed by atoms with E-state index < -0.39 is 5.82 Å². The van der Waals surface area contributed by atoms with E-state index in [9.17, 15) is 9.18 Å². The summed E-state index contributed by atoms with van der Waals surface area (Å²) in [6, 6.07) is 11.3. The predicted molar refractivity (Wildman–Crippen MR) is 91.6 cm³/mol. The molecule has 5 heteroatoms. The van der Waals surface area contributed by atoms with Crippen molar-refractivity contribution < 1.29 is 9.18 Å². The van der Waals surface area contributed by atoms with Gasteiger partial charge in [0, 0.05) is 11.1 Å². The smallest absolute Gasteiger partial charge is 0.267 e. The van der Waals surface area contributed by atoms with Gasteiger partial charge < -0.3 is 0 Å². The number of hydrogen-bond donors (Lipinski definition) is 1. The Morgan fingerprint density at radius 3 is 2.39 bits per heavy atom. The van der Waals surface area contributed by atoms with Crippen LogP contribution in [0, 0.1) is 5.82 Å². The summed E-state index contributed by atoms with van der Waals surface area (Å²) in [6.45, 7) is 6.33. The van der Waals surface area contributed by atoms with E-state index in [1.165, 1.54) is 24.4 Å². The van der Waals surface area contributed by atoms with Crippen LogP contribution in [0.15, 0.2) is 47.6 Å². The highest BCUT2D eigenvalue weighted by atomic mass is 35.5. The van der Waals surface area contributed by atoms with Crippen LogP contribution in [0.2, 0.25) is 5.02 Å². The molecule has 120 valence electrons. The zero-order valence-corrected chi connectivity index (χ0v) is 14.0. The fraction of sp³-hybridized carbons (Fsp3) is 0.222. The molecule has 0 spiro atoms. The Bertz CT molecular complexity index is 734. The number of amides is 1. The summed E-state index contributed by atoms with van der Waals surface area (Å²) in [7, 11) is 0. The molecule has 23 heavy (non-hydrogen) atoms. The number of hydrazone groups is 1. The fourth-order valence-corrected chi connectivity index (χ4v) is 2.17. The molecule has 1 amide bonds. The SMILES string of the molecule is CC(C)(C)c1ccc(C(=O)NN=Cc2ccc(F)cc2Cl)cc1. The van der Waals surface area contributed by atoms with Crippen LogP contribution < -0.4 is 5.43 Å². The summed E-state index contributed by atoms with van der Waals surface area (Å²) < 4.78 is 12.9. The molecular formula is C18H18ClFN2O. The highest BCUT2D eigenvalue weighted by Crippen LogP contribution is 2.22. The molecule has 0 aliphatic carbocycles. The van der Waals surface area contributed by atoms with Crippen LogP contribution in [0.4, 0.5) is 4.39 Å². The van der Waals surface area contributed by atoms with E-state index in [-0.39, 0.29) is 16.3 Å². The molecule has 2 aromatic carbocycles. The number of carbonyl (C=O) groups is 1. The first-order valence-electron chi connectivity index (χ1n) is 7.16. The van der Waals surface area contributed by atoms with Crippen molar-refractivity contribution in [1.82, 2.24) is 5.43 Å². The van der Waals surface area contributed by atoms with Gasteiger partial charge in [-0.15, -0.1) is 0 Å². The van der Waals surface area contributed by atoms with Gasteiger partial charge in [0.05, 0.1) is 11.2 Å². The van der Waals surface area contributed by atoms with Crippen LogP contribution in [0.5, 0.6) is 0 Å². The highest BCUT2D eigenvalue weighted by Gasteiger charge is 2.14. The Morgan fingerprint density at radius 1 is 1.17 bits per heavy atom. The number of halogens is 2. The van der Waals surface area contributed by atoms with Gasteiger partial charge in [-0.05, 0) is 41.3 Å². The highest BCUT2D eigenvalue weighted by molar-refractivity contribution is 6.33. The summed E-state index contributed by atoms with van der Waals surface area (Å²) in [6.07, 6.45) is 1.38. The fourth-order valence-electron chi connectivity index (χ4n) is 1.95. The van der Waals surface area contributed by atoms with E-state index in [1.807, 2.05) is 12.1 Å². The maximum absolute atomic E-state index is 12.9. The van der Waals surface area contributed by atoms with Crippen LogP contribution in [-0.4, -0.2) is 12.1 Å². The normalized spacial score (nSPS) is 11.7. The lowest BCUT2D eigenvalue weighted by Gasteiger charge is -2.18. The first-order valence-corrected chi connectivity index (χ1v) is 7.54. The van der Waals surface area contributed by atoms with Crippen LogP contribution in [-0.2, 0) is 5.41 Å². The predicted octanol–water partition coefficient (Wildman–Crippen LogP) is 4.54. The van der Waals surface area contributed by atoms with E-state index in [4.69, 9.17) is 11.6 Å². The van der Waals surface area contributed by atoms with Gasteiger partial charge >= 0.3 is 0 Å². The summed E-state index contributed by atoms with van der Waals surface area (Å²) in [5.41, 5.74) is 4.65. The standard InChI is InChI=1S/C18H18ClFN2O/c1-18(2,3)14-7-4-12(5-8-14)17(23)22-21-11-13-6-9-15(20)10-16(13)19/h4-11H,1-3H3,(H,22,23). The van der Waals surface area contributed by atoms with E-state index >= 15 is 0 Å². The van der Waals surface area contributed by atoms with Crippen molar-refractivity contribution in [1.29, 1.82) is 0 Å². The van der Waals surface area contributed by atoms with Gasteiger partial charge in [-0.1, -0.05) is 44.5 Å². The lowest BCUT2D eigenvalue weighted by Crippen LogP contribution is -2.18. The molecule has 0 fully saturated rings. The molecule has 0 aromatic heterocycles. The van der Waals surface area contributed by atoms with Crippen LogP contribution in [0.25, 0.3) is 0 Å². The second kappa shape index (κ2) is 6.92. The van der Waals surface area contributed by atoms with Crippen LogP contribution in [0.1, 0.15) is 42.3 Å². The van der Waals surface area contributed by atoms with Gasteiger partial charge in [0.2, 0.25) is 0 Å². The van der Waals surface area contributed by atoms with Crippen molar-refractivity contribution in [3.8, 4) is 0 Å². The summed E-state index contributed by atoms with van der Waals surface area (Å²) in [4.78, 5) is 12.0. The van der Waals surface area contributed by atoms with Gasteiger partial charge in [0.15, 0.2) is 0 Å². The number of hydrogen-bond acceptors (Lipinski definition) is 2. The first kappa shape index (κ1) is 17.2. The number of benzene rings is 2. The van der Waals surface area contributed by atoms with Gasteiger partial charge in [-0.3, -0.25) is 4.79 Å². The zero-order chi connectivity index (χ0) is 17.0. The quantitative estimate of drug-likeness (QED) is 0.650. The van der Waals surface area contributed by atoms with Crippen LogP contribution in [0.3, 0.4) is 0 Å². The molecule has 0 radical (unpaired) electrons. The van der Waals surface area contributed by atoms with Crippen molar-refractivity contribution in [3.63, 3.8) is 0 Å². The molecule has 0 saturated carbocycles. The van der Waals surface area contributed by atoms with Gasteiger partial charge in [-0.2, -0.15) is 5.10 Å². The third kappa shape index (κ3) is 4.63. The van der Waals surface area contributed by atoms with Crippen molar-refractivity contribution in [2.45, 2.75) is 26.2 Å². The summed E-state index contributed by atoms with van der Waals surface area (Å²) >= 11 is 5.88. The van der Waals surface area contributed by atoms with E-state index in [2.05, 4.69) is 31.3 Å². The number of rotatable bonds is 3. The molecule has 2 rings (SSSR count). The Labute approximate surface area is 140 Å². The van der Waals surface area contributed by atoms with Gasteiger partial charge in [-0.25, -0.2) is 9.82 Å². The molecule has 2 aromatic rings. The number of nitrogens with zero attached hydrogens (tertiary/aromatic N) is 1. The Morgan fingerprint density at radius 2 is 1.83 bits per heavy atom. The minimum atomic E-state index is -0.421. The maximum atomic E-state index is 12.9. The summed E-state index contributed by atoms with van der Waals surface area (Å²) in [5.74, 6) is -0.741. The number of nitrogens with one attached hydrogen (secondary N) is 1. The van der Waals surface area contributed by atoms with Crippen molar-refractivity contribution >= 4 is 23.7 Å². The molecule has 0 saturated heterocycles. The maximum Gasteiger partial charge on any atom is 0.271 e. The zero-order valence-electron chi connectivity index (χ0n) is 13.2. The second-order valence-corrected chi connectivity index (χ2v) is 6.60. The van der Waals surface area contributed by atoms with E-state index in [0.29, 0.717) is 11.1 Å². The number of carbonyl (C=O) groups excluding carboxylic acids is 1. The largest absolute Gasteiger partial charge is 0.271 e. The summed E-state index contributed by atoms with van der Waals surface area (Å²) in [5, 5.41) is 4.08. The average Bonchev–Trinajstić information content (AvgIpc) is 2.48. The Kier molecular flexibility index (Phi) is 5.16.